The van der Waals surface area contributed by atoms with E-state index < -0.39 is 9.84 Å². The van der Waals surface area contributed by atoms with Gasteiger partial charge in [-0.2, -0.15) is 0 Å². The van der Waals surface area contributed by atoms with Gasteiger partial charge in [-0.3, -0.25) is 9.55 Å². The summed E-state index contributed by atoms with van der Waals surface area (Å²) in [4.78, 5) is 9.61. The normalized spacial score (nSPS) is 11.7. The summed E-state index contributed by atoms with van der Waals surface area (Å²) in [5.74, 6) is 0.285. The molecule has 0 bridgehead atoms. The molecule has 5 nitrogen and oxygen atoms in total. The second kappa shape index (κ2) is 9.04. The van der Waals surface area contributed by atoms with Crippen LogP contribution in [0.4, 0.5) is 4.39 Å². The van der Waals surface area contributed by atoms with Crippen LogP contribution < -0.4 is 0 Å². The van der Waals surface area contributed by atoms with Crippen molar-refractivity contribution in [1.29, 1.82) is 0 Å². The standard InChI is InChI=1S/C26H20FN3O2S2/c1-34(31,32)23-14-7-19(8-15-23)25-16-28-26(30(25)22-12-9-20(27)10-13-22)33-17-21-11-6-18-4-2-3-5-24(18)29-21/h2-16H,17H2,1H3. The Bertz CT molecular complexity index is 1580. The number of halogens is 1. The highest BCUT2D eigenvalue weighted by molar-refractivity contribution is 7.98. The Morgan fingerprint density at radius 3 is 2.38 bits per heavy atom. The van der Waals surface area contributed by atoms with E-state index in [9.17, 15) is 12.8 Å². The van der Waals surface area contributed by atoms with Crippen LogP contribution >= 0.6 is 11.8 Å². The van der Waals surface area contributed by atoms with Crippen LogP contribution in [0.3, 0.4) is 0 Å². The minimum atomic E-state index is -3.29. The zero-order chi connectivity index (χ0) is 23.7. The highest BCUT2D eigenvalue weighted by Gasteiger charge is 2.16. The maximum atomic E-state index is 13.6. The number of rotatable bonds is 6. The number of hydrogen-bond acceptors (Lipinski definition) is 5. The fourth-order valence-corrected chi connectivity index (χ4v) is 5.21. The minimum absolute atomic E-state index is 0.251. The second-order valence-electron chi connectivity index (χ2n) is 7.82. The molecule has 0 atom stereocenters. The van der Waals surface area contributed by atoms with Crippen molar-refractivity contribution in [3.8, 4) is 16.9 Å². The van der Waals surface area contributed by atoms with E-state index in [0.29, 0.717) is 5.75 Å². The van der Waals surface area contributed by atoms with E-state index in [1.807, 2.05) is 34.9 Å². The van der Waals surface area contributed by atoms with Gasteiger partial charge in [0.15, 0.2) is 15.0 Å². The lowest BCUT2D eigenvalue weighted by molar-refractivity contribution is 0.602. The lowest BCUT2D eigenvalue weighted by atomic mass is 10.1. The highest BCUT2D eigenvalue weighted by atomic mass is 32.2. The van der Waals surface area contributed by atoms with Gasteiger partial charge in [-0.05, 0) is 48.5 Å². The predicted molar refractivity (Wildman–Crippen MR) is 133 cm³/mol. The smallest absolute Gasteiger partial charge is 0.175 e. The van der Waals surface area contributed by atoms with Gasteiger partial charge in [-0.15, -0.1) is 0 Å². The summed E-state index contributed by atoms with van der Waals surface area (Å²) in [5.41, 5.74) is 4.21. The molecule has 0 aliphatic carbocycles. The average Bonchev–Trinajstić information content (AvgIpc) is 3.26. The van der Waals surface area contributed by atoms with Crippen molar-refractivity contribution < 1.29 is 12.8 Å². The van der Waals surface area contributed by atoms with Crippen LogP contribution in [0.1, 0.15) is 5.69 Å². The maximum absolute atomic E-state index is 13.6. The van der Waals surface area contributed by atoms with Gasteiger partial charge in [-0.25, -0.2) is 17.8 Å². The van der Waals surface area contributed by atoms with Crippen molar-refractivity contribution in [1.82, 2.24) is 14.5 Å². The molecule has 0 spiro atoms. The molecule has 0 fully saturated rings. The van der Waals surface area contributed by atoms with Crippen molar-refractivity contribution in [3.63, 3.8) is 0 Å². The molecular weight excluding hydrogens is 469 g/mol. The van der Waals surface area contributed by atoms with Crippen molar-refractivity contribution in [2.45, 2.75) is 15.8 Å². The highest BCUT2D eigenvalue weighted by Crippen LogP contribution is 2.32. The van der Waals surface area contributed by atoms with Crippen LogP contribution in [-0.2, 0) is 15.6 Å². The first-order valence-corrected chi connectivity index (χ1v) is 13.4. The number of benzene rings is 3. The number of pyridine rings is 1. The molecule has 0 aliphatic heterocycles. The molecule has 0 saturated heterocycles. The SMILES string of the molecule is CS(=O)(=O)c1ccc(-c2cnc(SCc3ccc4ccccc4n3)n2-c2ccc(F)cc2)cc1. The largest absolute Gasteiger partial charge is 0.287 e. The van der Waals surface area contributed by atoms with E-state index in [1.165, 1.54) is 30.2 Å². The molecule has 8 heteroatoms. The zero-order valence-electron chi connectivity index (χ0n) is 18.2. The summed E-state index contributed by atoms with van der Waals surface area (Å²) >= 11 is 1.53. The summed E-state index contributed by atoms with van der Waals surface area (Å²) in [6.07, 6.45) is 2.93. The summed E-state index contributed by atoms with van der Waals surface area (Å²) in [6.45, 7) is 0. The number of thioether (sulfide) groups is 1. The molecule has 3 aromatic carbocycles. The first-order valence-electron chi connectivity index (χ1n) is 10.5. The Balaban J connectivity index is 1.51. The molecular formula is C26H20FN3O2S2. The summed E-state index contributed by atoms with van der Waals surface area (Å²) in [6, 6.07) is 24.9. The number of nitrogens with zero attached hydrogens (tertiary/aromatic N) is 3. The van der Waals surface area contributed by atoms with Gasteiger partial charge in [0, 0.05) is 28.6 Å². The van der Waals surface area contributed by atoms with Crippen LogP contribution in [0.2, 0.25) is 0 Å². The van der Waals surface area contributed by atoms with E-state index in [4.69, 9.17) is 4.98 Å². The molecule has 5 rings (SSSR count). The van der Waals surface area contributed by atoms with Crippen LogP contribution in [0.25, 0.3) is 27.8 Å². The molecule has 170 valence electrons. The van der Waals surface area contributed by atoms with E-state index in [-0.39, 0.29) is 10.7 Å². The van der Waals surface area contributed by atoms with Gasteiger partial charge < -0.3 is 0 Å². The molecule has 0 unspecified atom stereocenters. The molecule has 2 aromatic heterocycles. The maximum Gasteiger partial charge on any atom is 0.175 e. The quantitative estimate of drug-likeness (QED) is 0.277. The number of hydrogen-bond donors (Lipinski definition) is 0. The molecule has 0 aliphatic rings. The van der Waals surface area contributed by atoms with Gasteiger partial charge in [0.1, 0.15) is 5.82 Å². The van der Waals surface area contributed by atoms with Crippen LogP contribution in [0.15, 0.2) is 101 Å². The van der Waals surface area contributed by atoms with E-state index >= 15 is 0 Å². The first kappa shape index (κ1) is 22.3. The van der Waals surface area contributed by atoms with E-state index in [1.54, 1.807) is 42.6 Å². The summed E-state index contributed by atoms with van der Waals surface area (Å²) < 4.78 is 39.2. The lowest BCUT2D eigenvalue weighted by Crippen LogP contribution is -2.01. The Morgan fingerprint density at radius 2 is 1.65 bits per heavy atom. The Kier molecular flexibility index (Phi) is 5.93. The molecule has 0 N–H and O–H groups in total. The minimum Gasteiger partial charge on any atom is -0.287 e. The Hall–Kier alpha value is -3.49. The number of sulfone groups is 1. The van der Waals surface area contributed by atoms with Gasteiger partial charge in [0.05, 0.1) is 28.0 Å². The van der Waals surface area contributed by atoms with Gasteiger partial charge in [0.25, 0.3) is 0 Å². The number of aromatic nitrogens is 3. The van der Waals surface area contributed by atoms with Crippen molar-refractivity contribution in [2.75, 3.05) is 6.26 Å². The third-order valence-electron chi connectivity index (χ3n) is 5.40. The zero-order valence-corrected chi connectivity index (χ0v) is 19.9. The molecule has 0 saturated carbocycles. The van der Waals surface area contributed by atoms with Crippen LogP contribution in [0.5, 0.6) is 0 Å². The molecule has 0 amide bonds. The number of fused-ring (bicyclic) bond motifs is 1. The fraction of sp³-hybridized carbons (Fsp3) is 0.0769. The third-order valence-corrected chi connectivity index (χ3v) is 7.51. The monoisotopic (exact) mass is 489 g/mol. The van der Waals surface area contributed by atoms with Crippen molar-refractivity contribution >= 4 is 32.5 Å². The van der Waals surface area contributed by atoms with E-state index in [0.717, 1.165) is 38.7 Å². The number of imidazole rings is 1. The molecule has 0 radical (unpaired) electrons. The Morgan fingerprint density at radius 1 is 0.912 bits per heavy atom. The van der Waals surface area contributed by atoms with Gasteiger partial charge in [0.2, 0.25) is 0 Å². The van der Waals surface area contributed by atoms with E-state index in [2.05, 4.69) is 11.1 Å². The lowest BCUT2D eigenvalue weighted by Gasteiger charge is -2.12. The third kappa shape index (κ3) is 4.60. The molecule has 2 heterocycles. The summed E-state index contributed by atoms with van der Waals surface area (Å²) in [5, 5.41) is 1.81. The number of para-hydroxylation sites is 1. The Labute approximate surface area is 201 Å². The first-order chi connectivity index (χ1) is 16.4. The molecule has 5 aromatic rings. The van der Waals surface area contributed by atoms with Crippen molar-refractivity contribution in [2.24, 2.45) is 0 Å². The topological polar surface area (TPSA) is 64.8 Å². The summed E-state index contributed by atoms with van der Waals surface area (Å²) in [7, 11) is -3.29. The van der Waals surface area contributed by atoms with Crippen LogP contribution in [0, 0.1) is 5.82 Å². The van der Waals surface area contributed by atoms with Gasteiger partial charge >= 0.3 is 0 Å². The second-order valence-corrected chi connectivity index (χ2v) is 10.8. The predicted octanol–water partition coefficient (Wildman–Crippen LogP) is 5.92. The van der Waals surface area contributed by atoms with Crippen molar-refractivity contribution in [3.05, 3.63) is 103 Å². The van der Waals surface area contributed by atoms with Gasteiger partial charge in [-0.1, -0.05) is 48.2 Å². The fourth-order valence-electron chi connectivity index (χ4n) is 3.68. The van der Waals surface area contributed by atoms with Crippen LogP contribution in [-0.4, -0.2) is 29.2 Å². The average molecular weight is 490 g/mol. The molecule has 34 heavy (non-hydrogen) atoms.